The number of piperidine rings is 1. The highest BCUT2D eigenvalue weighted by atomic mass is 19.3. The van der Waals surface area contributed by atoms with Crippen molar-refractivity contribution in [1.29, 1.82) is 0 Å². The number of hydrogen-bond donors (Lipinski definition) is 1. The Morgan fingerprint density at radius 2 is 1.87 bits per heavy atom. The minimum atomic E-state index is -2.21. The number of nitrogens with zero attached hydrogens (tertiary/aromatic N) is 1. The molecular formula is C11H22F2N2. The van der Waals surface area contributed by atoms with Gasteiger partial charge in [0.05, 0.1) is 6.54 Å². The van der Waals surface area contributed by atoms with Crippen molar-refractivity contribution < 1.29 is 8.78 Å². The van der Waals surface area contributed by atoms with Crippen LogP contribution >= 0.6 is 0 Å². The number of rotatable bonds is 5. The molecule has 0 amide bonds. The summed E-state index contributed by atoms with van der Waals surface area (Å²) in [6, 6.07) is 0.217. The van der Waals surface area contributed by atoms with E-state index in [2.05, 4.69) is 5.32 Å². The molecule has 4 heteroatoms. The largest absolute Gasteiger partial charge is 0.317 e. The lowest BCUT2D eigenvalue weighted by molar-refractivity contribution is 0.0604. The molecule has 15 heavy (non-hydrogen) atoms. The summed E-state index contributed by atoms with van der Waals surface area (Å²) in [6.45, 7) is 6.79. The summed E-state index contributed by atoms with van der Waals surface area (Å²) in [5, 5.41) is 3.29. The minimum Gasteiger partial charge on any atom is -0.317 e. The monoisotopic (exact) mass is 220 g/mol. The van der Waals surface area contributed by atoms with Crippen molar-refractivity contribution in [1.82, 2.24) is 10.2 Å². The van der Waals surface area contributed by atoms with E-state index in [0.29, 0.717) is 5.92 Å². The van der Waals surface area contributed by atoms with Gasteiger partial charge in [-0.05, 0) is 45.7 Å². The lowest BCUT2D eigenvalue weighted by Crippen LogP contribution is -2.41. The second kappa shape index (κ2) is 6.38. The summed E-state index contributed by atoms with van der Waals surface area (Å²) < 4.78 is 24.7. The fourth-order valence-electron chi connectivity index (χ4n) is 2.07. The third-order valence-electron chi connectivity index (χ3n) is 3.05. The van der Waals surface area contributed by atoms with Crippen LogP contribution in [-0.4, -0.2) is 43.5 Å². The highest BCUT2D eigenvalue weighted by molar-refractivity contribution is 4.74. The molecule has 0 aromatic rings. The van der Waals surface area contributed by atoms with Crippen LogP contribution in [0.2, 0.25) is 0 Å². The van der Waals surface area contributed by atoms with E-state index < -0.39 is 6.43 Å². The molecule has 0 atom stereocenters. The third kappa shape index (κ3) is 4.89. The molecule has 1 N–H and O–H groups in total. The average Bonchev–Trinajstić information content (AvgIpc) is 2.17. The molecule has 0 spiro atoms. The molecule has 1 heterocycles. The summed E-state index contributed by atoms with van der Waals surface area (Å²) in [5.41, 5.74) is 0. The van der Waals surface area contributed by atoms with Gasteiger partial charge in [0.15, 0.2) is 0 Å². The predicted octanol–water partition coefficient (Wildman–Crippen LogP) is 1.96. The van der Waals surface area contributed by atoms with Gasteiger partial charge >= 0.3 is 0 Å². The van der Waals surface area contributed by atoms with Crippen molar-refractivity contribution in [3.05, 3.63) is 0 Å². The Kier molecular flexibility index (Phi) is 5.47. The molecule has 0 aromatic heterocycles. The zero-order valence-electron chi connectivity index (χ0n) is 9.68. The van der Waals surface area contributed by atoms with Crippen molar-refractivity contribution >= 4 is 0 Å². The maximum Gasteiger partial charge on any atom is 0.251 e. The first-order chi connectivity index (χ1) is 7.09. The Balaban J connectivity index is 2.35. The lowest BCUT2D eigenvalue weighted by atomic mass is 9.97. The summed E-state index contributed by atoms with van der Waals surface area (Å²) in [5.74, 6) is 0.590. The van der Waals surface area contributed by atoms with E-state index in [9.17, 15) is 8.78 Å². The molecule has 1 rings (SSSR count). The molecule has 0 radical (unpaired) electrons. The molecule has 0 unspecified atom stereocenters. The van der Waals surface area contributed by atoms with E-state index in [1.165, 1.54) is 0 Å². The molecule has 90 valence electrons. The van der Waals surface area contributed by atoms with Gasteiger partial charge in [0.1, 0.15) is 0 Å². The van der Waals surface area contributed by atoms with Crippen LogP contribution in [0.15, 0.2) is 0 Å². The minimum absolute atomic E-state index is 0.0818. The molecule has 0 aliphatic carbocycles. The van der Waals surface area contributed by atoms with Crippen LogP contribution in [0.4, 0.5) is 8.78 Å². The Morgan fingerprint density at radius 3 is 2.33 bits per heavy atom. The number of nitrogens with one attached hydrogen (secondary N) is 1. The zero-order valence-corrected chi connectivity index (χ0v) is 9.68. The smallest absolute Gasteiger partial charge is 0.251 e. The van der Waals surface area contributed by atoms with Crippen LogP contribution in [0.25, 0.3) is 0 Å². The second-order valence-electron chi connectivity index (χ2n) is 4.63. The number of halogens is 2. The number of alkyl halides is 2. The van der Waals surface area contributed by atoms with Gasteiger partial charge in [0.2, 0.25) is 0 Å². The van der Waals surface area contributed by atoms with E-state index in [1.54, 1.807) is 0 Å². The van der Waals surface area contributed by atoms with Gasteiger partial charge in [-0.15, -0.1) is 0 Å². The highest BCUT2D eigenvalue weighted by Gasteiger charge is 2.21. The maximum absolute atomic E-state index is 12.3. The fraction of sp³-hybridized carbons (Fsp3) is 1.00. The SMILES string of the molecule is CC(C)N(CC(F)F)CC1CCNCC1. The molecule has 1 aliphatic rings. The molecule has 2 nitrogen and oxygen atoms in total. The Bertz CT molecular complexity index is 168. The van der Waals surface area contributed by atoms with E-state index in [0.717, 1.165) is 32.5 Å². The van der Waals surface area contributed by atoms with Crippen molar-refractivity contribution in [2.45, 2.75) is 39.2 Å². The van der Waals surface area contributed by atoms with E-state index >= 15 is 0 Å². The number of hydrogen-bond acceptors (Lipinski definition) is 2. The first-order valence-electron chi connectivity index (χ1n) is 5.82. The summed E-state index contributed by atoms with van der Waals surface area (Å²) >= 11 is 0. The van der Waals surface area contributed by atoms with Gasteiger partial charge in [0, 0.05) is 12.6 Å². The third-order valence-corrected chi connectivity index (χ3v) is 3.05. The van der Waals surface area contributed by atoms with Gasteiger partial charge < -0.3 is 5.32 Å². The second-order valence-corrected chi connectivity index (χ2v) is 4.63. The van der Waals surface area contributed by atoms with Gasteiger partial charge in [-0.25, -0.2) is 8.78 Å². The Morgan fingerprint density at radius 1 is 1.27 bits per heavy atom. The summed E-state index contributed by atoms with van der Waals surface area (Å²) in [4.78, 5) is 1.90. The first kappa shape index (κ1) is 12.8. The van der Waals surface area contributed by atoms with Crippen molar-refractivity contribution in [2.24, 2.45) is 5.92 Å². The Labute approximate surface area is 91.0 Å². The zero-order chi connectivity index (χ0) is 11.3. The van der Waals surface area contributed by atoms with Crippen molar-refractivity contribution in [3.8, 4) is 0 Å². The van der Waals surface area contributed by atoms with Crippen molar-refractivity contribution in [3.63, 3.8) is 0 Å². The quantitative estimate of drug-likeness (QED) is 0.762. The van der Waals surface area contributed by atoms with E-state index in [-0.39, 0.29) is 12.6 Å². The van der Waals surface area contributed by atoms with Crippen LogP contribution in [0, 0.1) is 5.92 Å². The van der Waals surface area contributed by atoms with Crippen molar-refractivity contribution in [2.75, 3.05) is 26.2 Å². The van der Waals surface area contributed by atoms with E-state index in [1.807, 2.05) is 18.7 Å². The van der Waals surface area contributed by atoms with Crippen LogP contribution in [0.1, 0.15) is 26.7 Å². The Hall–Kier alpha value is -0.220. The normalized spacial score (nSPS) is 19.4. The van der Waals surface area contributed by atoms with Gasteiger partial charge in [-0.3, -0.25) is 4.90 Å². The molecule has 0 saturated carbocycles. The van der Waals surface area contributed by atoms with Crippen LogP contribution in [-0.2, 0) is 0 Å². The summed E-state index contributed by atoms with van der Waals surface area (Å²) in [6.07, 6.45) is 0.0213. The van der Waals surface area contributed by atoms with Gasteiger partial charge in [-0.1, -0.05) is 0 Å². The average molecular weight is 220 g/mol. The van der Waals surface area contributed by atoms with E-state index in [4.69, 9.17) is 0 Å². The molecule has 0 aromatic carbocycles. The molecule has 1 aliphatic heterocycles. The highest BCUT2D eigenvalue weighted by Crippen LogP contribution is 2.15. The fourth-order valence-corrected chi connectivity index (χ4v) is 2.07. The maximum atomic E-state index is 12.3. The van der Waals surface area contributed by atoms with Crippen LogP contribution in [0.3, 0.4) is 0 Å². The predicted molar refractivity (Wildman–Crippen MR) is 58.3 cm³/mol. The van der Waals surface area contributed by atoms with Crippen LogP contribution in [0.5, 0.6) is 0 Å². The molecular weight excluding hydrogens is 198 g/mol. The van der Waals surface area contributed by atoms with Crippen LogP contribution < -0.4 is 5.32 Å². The van der Waals surface area contributed by atoms with Gasteiger partial charge in [-0.2, -0.15) is 0 Å². The molecule has 1 fully saturated rings. The topological polar surface area (TPSA) is 15.3 Å². The standard InChI is InChI=1S/C11H22F2N2/c1-9(2)15(8-11(12)13)7-10-3-5-14-6-4-10/h9-11,14H,3-8H2,1-2H3. The summed E-state index contributed by atoms with van der Waals surface area (Å²) in [7, 11) is 0. The first-order valence-corrected chi connectivity index (χ1v) is 5.82. The van der Waals surface area contributed by atoms with Gasteiger partial charge in [0.25, 0.3) is 6.43 Å². The molecule has 0 bridgehead atoms. The molecule has 1 saturated heterocycles. The lowest BCUT2D eigenvalue weighted by Gasteiger charge is -2.32.